The fourth-order valence-electron chi connectivity index (χ4n) is 4.82. The first kappa shape index (κ1) is 33.7. The summed E-state index contributed by atoms with van der Waals surface area (Å²) in [5.74, 6) is -1.50. The first-order chi connectivity index (χ1) is 21.6. The van der Waals surface area contributed by atoms with Crippen molar-refractivity contribution in [2.75, 3.05) is 17.4 Å². The molecule has 0 aliphatic carbocycles. The van der Waals surface area contributed by atoms with Gasteiger partial charge >= 0.3 is 0 Å². The number of amides is 2. The van der Waals surface area contributed by atoms with E-state index in [9.17, 15) is 22.4 Å². The van der Waals surface area contributed by atoms with E-state index in [0.717, 1.165) is 46.0 Å². The minimum absolute atomic E-state index is 0.0348. The molecule has 7 nitrogen and oxygen atoms in total. The number of anilines is 1. The van der Waals surface area contributed by atoms with E-state index in [2.05, 4.69) is 5.32 Å². The summed E-state index contributed by atoms with van der Waals surface area (Å²) in [5, 5.41) is 3.48. The van der Waals surface area contributed by atoms with Crippen LogP contribution in [0.15, 0.2) is 108 Å². The summed E-state index contributed by atoms with van der Waals surface area (Å²) in [6.45, 7) is 3.77. The van der Waals surface area contributed by atoms with Crippen molar-refractivity contribution in [1.29, 1.82) is 0 Å². The Labute approximate surface area is 269 Å². The molecule has 1 atom stereocenters. The van der Waals surface area contributed by atoms with Crippen LogP contribution in [0.4, 0.5) is 10.1 Å². The van der Waals surface area contributed by atoms with Crippen molar-refractivity contribution in [1.82, 2.24) is 10.2 Å². The third kappa shape index (κ3) is 9.15. The monoisotopic (exact) mass is 649 g/mol. The predicted molar refractivity (Wildman–Crippen MR) is 176 cm³/mol. The number of nitrogens with zero attached hydrogens (tertiary/aromatic N) is 2. The molecule has 10 heteroatoms. The highest BCUT2D eigenvalue weighted by Gasteiger charge is 2.34. The van der Waals surface area contributed by atoms with Crippen LogP contribution < -0.4 is 9.62 Å². The third-order valence-electron chi connectivity index (χ3n) is 7.37. The first-order valence-electron chi connectivity index (χ1n) is 14.8. The van der Waals surface area contributed by atoms with Crippen LogP contribution >= 0.6 is 11.6 Å². The second kappa shape index (κ2) is 15.7. The molecule has 2 amide bonds. The van der Waals surface area contributed by atoms with Gasteiger partial charge < -0.3 is 10.2 Å². The molecule has 0 fully saturated rings. The number of carbonyl (C=O) groups excluding carboxylic acids is 2. The lowest BCUT2D eigenvalue weighted by molar-refractivity contribution is -0.140. The van der Waals surface area contributed by atoms with Crippen molar-refractivity contribution in [3.05, 3.63) is 131 Å². The van der Waals surface area contributed by atoms with Gasteiger partial charge in [-0.1, -0.05) is 85.1 Å². The lowest BCUT2D eigenvalue weighted by Crippen LogP contribution is -2.53. The van der Waals surface area contributed by atoms with Crippen molar-refractivity contribution in [3.8, 4) is 0 Å². The van der Waals surface area contributed by atoms with Gasteiger partial charge in [0, 0.05) is 24.5 Å². The fraction of sp³-hybridized carbons (Fsp3) is 0.257. The average molecular weight is 650 g/mol. The van der Waals surface area contributed by atoms with Crippen LogP contribution in [0.3, 0.4) is 0 Å². The van der Waals surface area contributed by atoms with E-state index in [4.69, 9.17) is 11.6 Å². The van der Waals surface area contributed by atoms with Crippen LogP contribution in [-0.4, -0.2) is 44.3 Å². The van der Waals surface area contributed by atoms with Gasteiger partial charge in [-0.05, 0) is 73.0 Å². The van der Waals surface area contributed by atoms with Crippen molar-refractivity contribution in [2.45, 2.75) is 50.6 Å². The van der Waals surface area contributed by atoms with Gasteiger partial charge in [-0.15, -0.1) is 0 Å². The molecule has 0 bridgehead atoms. The molecule has 0 saturated carbocycles. The Balaban J connectivity index is 1.78. The molecule has 0 heterocycles. The average Bonchev–Trinajstić information content (AvgIpc) is 3.03. The molecule has 45 heavy (non-hydrogen) atoms. The number of hydrogen-bond donors (Lipinski definition) is 1. The van der Waals surface area contributed by atoms with Gasteiger partial charge in [0.25, 0.3) is 10.0 Å². The number of rotatable bonds is 14. The van der Waals surface area contributed by atoms with Crippen molar-refractivity contribution in [2.24, 2.45) is 0 Å². The summed E-state index contributed by atoms with van der Waals surface area (Å²) in [6, 6.07) is 26.5. The number of unbranched alkanes of at least 4 members (excludes halogenated alkanes) is 1. The topological polar surface area (TPSA) is 86.8 Å². The number of nitrogens with one attached hydrogen (secondary N) is 1. The molecule has 236 valence electrons. The summed E-state index contributed by atoms with van der Waals surface area (Å²) >= 11 is 6.13. The van der Waals surface area contributed by atoms with Gasteiger partial charge in [-0.2, -0.15) is 0 Å². The van der Waals surface area contributed by atoms with Gasteiger partial charge in [0.1, 0.15) is 18.4 Å². The molecule has 4 aromatic rings. The van der Waals surface area contributed by atoms with E-state index >= 15 is 0 Å². The molecule has 4 rings (SSSR count). The molecule has 0 saturated heterocycles. The predicted octanol–water partition coefficient (Wildman–Crippen LogP) is 6.54. The first-order valence-corrected chi connectivity index (χ1v) is 16.6. The van der Waals surface area contributed by atoms with E-state index in [1.165, 1.54) is 17.0 Å². The zero-order valence-electron chi connectivity index (χ0n) is 25.3. The summed E-state index contributed by atoms with van der Waals surface area (Å²) in [6.07, 6.45) is 1.86. The lowest BCUT2D eigenvalue weighted by atomic mass is 10.0. The van der Waals surface area contributed by atoms with Crippen molar-refractivity contribution >= 4 is 39.1 Å². The third-order valence-corrected chi connectivity index (χ3v) is 9.41. The zero-order valence-corrected chi connectivity index (χ0v) is 26.9. The molecule has 0 aliphatic heterocycles. The molecule has 0 aromatic heterocycles. The Morgan fingerprint density at radius 1 is 0.867 bits per heavy atom. The number of benzene rings is 4. The molecule has 4 aromatic carbocycles. The highest BCUT2D eigenvalue weighted by atomic mass is 35.5. The molecule has 0 radical (unpaired) electrons. The molecule has 0 aliphatic rings. The van der Waals surface area contributed by atoms with Crippen LogP contribution in [0.25, 0.3) is 0 Å². The normalized spacial score (nSPS) is 11.9. The molecule has 0 unspecified atom stereocenters. The van der Waals surface area contributed by atoms with Gasteiger partial charge in [0.05, 0.1) is 10.6 Å². The summed E-state index contributed by atoms with van der Waals surface area (Å²) in [4.78, 5) is 29.4. The molecular weight excluding hydrogens is 613 g/mol. The number of sulfonamides is 1. The fourth-order valence-corrected chi connectivity index (χ4v) is 6.36. The van der Waals surface area contributed by atoms with Crippen molar-refractivity contribution in [3.63, 3.8) is 0 Å². The highest BCUT2D eigenvalue weighted by Crippen LogP contribution is 2.26. The number of carbonyl (C=O) groups is 2. The summed E-state index contributed by atoms with van der Waals surface area (Å²) < 4.78 is 42.7. The smallest absolute Gasteiger partial charge is 0.264 e. The Morgan fingerprint density at radius 3 is 2.13 bits per heavy atom. The minimum Gasteiger partial charge on any atom is -0.354 e. The Morgan fingerprint density at radius 2 is 1.51 bits per heavy atom. The van der Waals surface area contributed by atoms with Gasteiger partial charge in [-0.25, -0.2) is 12.8 Å². The largest absolute Gasteiger partial charge is 0.354 e. The van der Waals surface area contributed by atoms with Gasteiger partial charge in [-0.3, -0.25) is 13.9 Å². The van der Waals surface area contributed by atoms with E-state index in [1.54, 1.807) is 48.5 Å². The van der Waals surface area contributed by atoms with Gasteiger partial charge in [0.15, 0.2) is 0 Å². The van der Waals surface area contributed by atoms with E-state index in [1.807, 2.05) is 44.2 Å². The van der Waals surface area contributed by atoms with Crippen molar-refractivity contribution < 1.29 is 22.4 Å². The maximum atomic E-state index is 14.4. The van der Waals surface area contributed by atoms with E-state index < -0.39 is 34.3 Å². The molecule has 0 spiro atoms. The highest BCUT2D eigenvalue weighted by molar-refractivity contribution is 7.92. The second-order valence-electron chi connectivity index (χ2n) is 10.8. The van der Waals surface area contributed by atoms with Crippen LogP contribution in [0.5, 0.6) is 0 Å². The quantitative estimate of drug-likeness (QED) is 0.157. The second-order valence-corrected chi connectivity index (χ2v) is 13.1. The summed E-state index contributed by atoms with van der Waals surface area (Å²) in [5.41, 5.74) is 2.73. The maximum absolute atomic E-state index is 14.4. The zero-order chi connectivity index (χ0) is 32.4. The number of aryl methyl sites for hydroxylation is 1. The molecular formula is C35H37ClFN3O4S. The lowest BCUT2D eigenvalue weighted by Gasteiger charge is -2.34. The van der Waals surface area contributed by atoms with Crippen LogP contribution in [-0.2, 0) is 32.6 Å². The van der Waals surface area contributed by atoms with Crippen LogP contribution in [0.1, 0.15) is 36.5 Å². The Kier molecular flexibility index (Phi) is 11.7. The van der Waals surface area contributed by atoms with Crippen LogP contribution in [0.2, 0.25) is 5.02 Å². The van der Waals surface area contributed by atoms with Crippen LogP contribution in [0, 0.1) is 12.7 Å². The standard InChI is InChI=1S/C35H37ClFN3O4S/c1-3-4-22-38-35(42)33(23-27-8-6-5-7-9-27)39(24-28-12-14-29(36)15-13-28)34(41)25-40(31-18-10-26(2)11-19-31)45(43,44)32-20-16-30(37)17-21-32/h5-21,33H,3-4,22-25H2,1-2H3,(H,38,42)/t33-/m1/s1. The number of hydrogen-bond acceptors (Lipinski definition) is 4. The SMILES string of the molecule is CCCCNC(=O)[C@@H](Cc1ccccc1)N(Cc1ccc(Cl)cc1)C(=O)CN(c1ccc(C)cc1)S(=O)(=O)c1ccc(F)cc1. The minimum atomic E-state index is -4.31. The maximum Gasteiger partial charge on any atom is 0.264 e. The number of halogens is 2. The molecule has 1 N–H and O–H groups in total. The summed E-state index contributed by atoms with van der Waals surface area (Å²) in [7, 11) is -4.31. The van der Waals surface area contributed by atoms with E-state index in [-0.39, 0.29) is 29.5 Å². The van der Waals surface area contributed by atoms with E-state index in [0.29, 0.717) is 11.6 Å². The Bertz CT molecular complexity index is 1670. The van der Waals surface area contributed by atoms with Gasteiger partial charge in [0.2, 0.25) is 11.8 Å². The Hall–Kier alpha value is -4.21.